The Morgan fingerprint density at radius 3 is 2.37 bits per heavy atom. The van der Waals surface area contributed by atoms with Gasteiger partial charge in [-0.05, 0) is 42.5 Å². The molecule has 0 amide bonds. The van der Waals surface area contributed by atoms with E-state index >= 15 is 0 Å². The Balaban J connectivity index is 2.38. The summed E-state index contributed by atoms with van der Waals surface area (Å²) in [5, 5.41) is 6.41. The lowest BCUT2D eigenvalue weighted by molar-refractivity contribution is 0.604. The van der Waals surface area contributed by atoms with Crippen LogP contribution in [0.1, 0.15) is 47.0 Å². The third-order valence-electron chi connectivity index (χ3n) is 3.13. The molecule has 2 aromatic rings. The second-order valence-corrected chi connectivity index (χ2v) is 8.18. The molecule has 0 aliphatic carbocycles. The molecule has 2 rings (SSSR count). The monoisotopic (exact) mass is 313 g/mol. The third kappa shape index (κ3) is 3.05. The summed E-state index contributed by atoms with van der Waals surface area (Å²) in [5.74, 6) is 0. The Morgan fingerprint density at radius 1 is 1.26 bits per heavy atom. The van der Waals surface area contributed by atoms with Gasteiger partial charge in [0, 0.05) is 14.6 Å². The van der Waals surface area contributed by atoms with Gasteiger partial charge >= 0.3 is 0 Å². The van der Waals surface area contributed by atoms with Gasteiger partial charge in [-0.25, -0.2) is 0 Å². The summed E-state index contributed by atoms with van der Waals surface area (Å²) in [6.45, 7) is 8.81. The lowest BCUT2D eigenvalue weighted by Crippen LogP contribution is -2.15. The molecule has 0 radical (unpaired) electrons. The van der Waals surface area contributed by atoms with E-state index in [-0.39, 0.29) is 11.5 Å². The SMILES string of the molecule is CNC(c1ccc(C(C)(C)C)s1)c1scc(C)c1Cl. The third-order valence-corrected chi connectivity index (χ3v) is 6.48. The molecule has 1 nitrogen and oxygen atoms in total. The van der Waals surface area contributed by atoms with E-state index in [0.717, 1.165) is 10.6 Å². The predicted molar refractivity (Wildman–Crippen MR) is 88.0 cm³/mol. The van der Waals surface area contributed by atoms with Crippen LogP contribution in [0.3, 0.4) is 0 Å². The summed E-state index contributed by atoms with van der Waals surface area (Å²) >= 11 is 10.0. The second kappa shape index (κ2) is 5.57. The maximum Gasteiger partial charge on any atom is 0.0777 e. The number of hydrogen-bond donors (Lipinski definition) is 1. The number of hydrogen-bond acceptors (Lipinski definition) is 3. The van der Waals surface area contributed by atoms with E-state index in [0.29, 0.717) is 0 Å². The van der Waals surface area contributed by atoms with Crippen LogP contribution in [0.4, 0.5) is 0 Å². The molecule has 0 fully saturated rings. The van der Waals surface area contributed by atoms with Crippen LogP contribution in [-0.2, 0) is 5.41 Å². The van der Waals surface area contributed by atoms with Crippen molar-refractivity contribution < 1.29 is 0 Å². The number of rotatable bonds is 3. The molecule has 1 N–H and O–H groups in total. The zero-order valence-corrected chi connectivity index (χ0v) is 14.4. The fraction of sp³-hybridized carbons (Fsp3) is 0.467. The summed E-state index contributed by atoms with van der Waals surface area (Å²) in [6, 6.07) is 4.66. The van der Waals surface area contributed by atoms with Gasteiger partial charge in [-0.2, -0.15) is 0 Å². The van der Waals surface area contributed by atoms with Crippen LogP contribution in [0.2, 0.25) is 5.02 Å². The molecule has 19 heavy (non-hydrogen) atoms. The van der Waals surface area contributed by atoms with Crippen LogP contribution in [0.25, 0.3) is 0 Å². The van der Waals surface area contributed by atoms with E-state index in [1.807, 2.05) is 18.4 Å². The summed E-state index contributed by atoms with van der Waals surface area (Å²) in [7, 11) is 1.99. The minimum atomic E-state index is 0.201. The average Bonchev–Trinajstić information content (AvgIpc) is 2.92. The van der Waals surface area contributed by atoms with Gasteiger partial charge in [0.05, 0.1) is 11.1 Å². The highest BCUT2D eigenvalue weighted by atomic mass is 35.5. The van der Waals surface area contributed by atoms with E-state index in [1.165, 1.54) is 14.6 Å². The molecule has 1 unspecified atom stereocenters. The zero-order valence-electron chi connectivity index (χ0n) is 12.0. The van der Waals surface area contributed by atoms with E-state index < -0.39 is 0 Å². The zero-order chi connectivity index (χ0) is 14.2. The van der Waals surface area contributed by atoms with E-state index in [2.05, 4.69) is 50.5 Å². The topological polar surface area (TPSA) is 12.0 Å². The summed E-state index contributed by atoms with van der Waals surface area (Å²) in [6.07, 6.45) is 0. The number of nitrogens with one attached hydrogen (secondary N) is 1. The molecule has 0 bridgehead atoms. The molecule has 2 heterocycles. The quantitative estimate of drug-likeness (QED) is 0.802. The van der Waals surface area contributed by atoms with E-state index in [4.69, 9.17) is 11.6 Å². The second-order valence-electron chi connectivity index (χ2n) is 5.77. The first-order valence-electron chi connectivity index (χ1n) is 6.35. The molecular formula is C15H20ClNS2. The standard InChI is InChI=1S/C15H20ClNS2/c1-9-8-18-14(12(9)16)13(17-5)10-6-7-11(19-10)15(2,3)4/h6-8,13,17H,1-5H3. The molecule has 0 spiro atoms. The first kappa shape index (κ1) is 15.0. The average molecular weight is 314 g/mol. The van der Waals surface area contributed by atoms with Gasteiger partial charge in [-0.1, -0.05) is 32.4 Å². The molecule has 0 saturated heterocycles. The Kier molecular flexibility index (Phi) is 4.41. The molecule has 4 heteroatoms. The van der Waals surface area contributed by atoms with Crippen molar-refractivity contribution in [3.63, 3.8) is 0 Å². The van der Waals surface area contributed by atoms with Crippen molar-refractivity contribution >= 4 is 34.3 Å². The van der Waals surface area contributed by atoms with Gasteiger partial charge in [-0.15, -0.1) is 22.7 Å². The number of thiophene rings is 2. The van der Waals surface area contributed by atoms with Crippen molar-refractivity contribution in [1.82, 2.24) is 5.32 Å². The molecule has 0 aliphatic heterocycles. The van der Waals surface area contributed by atoms with Crippen molar-refractivity contribution in [2.24, 2.45) is 0 Å². The first-order valence-corrected chi connectivity index (χ1v) is 8.43. The Hall–Kier alpha value is -0.350. The maximum atomic E-state index is 6.40. The van der Waals surface area contributed by atoms with E-state index in [1.54, 1.807) is 11.3 Å². The molecule has 104 valence electrons. The molecule has 1 atom stereocenters. The predicted octanol–water partition coefficient (Wildman–Crippen LogP) is 5.38. The number of aryl methyl sites for hydroxylation is 1. The van der Waals surface area contributed by atoms with Crippen molar-refractivity contribution in [3.05, 3.63) is 42.7 Å². The minimum absolute atomic E-state index is 0.201. The lowest BCUT2D eigenvalue weighted by Gasteiger charge is -2.17. The van der Waals surface area contributed by atoms with E-state index in [9.17, 15) is 0 Å². The van der Waals surface area contributed by atoms with Gasteiger partial charge in [0.2, 0.25) is 0 Å². The Bertz CT molecular complexity index is 563. The van der Waals surface area contributed by atoms with Crippen molar-refractivity contribution in [3.8, 4) is 0 Å². The van der Waals surface area contributed by atoms with Crippen LogP contribution < -0.4 is 5.32 Å². The smallest absolute Gasteiger partial charge is 0.0777 e. The van der Waals surface area contributed by atoms with Crippen LogP contribution >= 0.6 is 34.3 Å². The highest BCUT2D eigenvalue weighted by molar-refractivity contribution is 7.13. The summed E-state index contributed by atoms with van der Waals surface area (Å²) in [4.78, 5) is 3.95. The van der Waals surface area contributed by atoms with Crippen molar-refractivity contribution in [2.45, 2.75) is 39.2 Å². The minimum Gasteiger partial charge on any atom is -0.308 e. The van der Waals surface area contributed by atoms with Crippen LogP contribution in [0.5, 0.6) is 0 Å². The van der Waals surface area contributed by atoms with Gasteiger partial charge in [-0.3, -0.25) is 0 Å². The van der Waals surface area contributed by atoms with Gasteiger partial charge in [0.15, 0.2) is 0 Å². The molecule has 2 aromatic heterocycles. The van der Waals surface area contributed by atoms with Crippen LogP contribution in [0.15, 0.2) is 17.5 Å². The lowest BCUT2D eigenvalue weighted by atomic mass is 9.95. The van der Waals surface area contributed by atoms with Gasteiger partial charge in [0.25, 0.3) is 0 Å². The molecule has 0 aliphatic rings. The molecule has 0 aromatic carbocycles. The van der Waals surface area contributed by atoms with Crippen LogP contribution in [-0.4, -0.2) is 7.05 Å². The maximum absolute atomic E-state index is 6.40. The first-order chi connectivity index (χ1) is 8.84. The van der Waals surface area contributed by atoms with Crippen molar-refractivity contribution in [1.29, 1.82) is 0 Å². The van der Waals surface area contributed by atoms with Crippen LogP contribution in [0, 0.1) is 6.92 Å². The van der Waals surface area contributed by atoms with Crippen molar-refractivity contribution in [2.75, 3.05) is 7.05 Å². The van der Waals surface area contributed by atoms with Gasteiger partial charge in [0.1, 0.15) is 0 Å². The molecule has 0 saturated carbocycles. The highest BCUT2D eigenvalue weighted by Crippen LogP contribution is 2.39. The Labute approximate surface area is 128 Å². The Morgan fingerprint density at radius 2 is 1.95 bits per heavy atom. The van der Waals surface area contributed by atoms with Gasteiger partial charge < -0.3 is 5.32 Å². The summed E-state index contributed by atoms with van der Waals surface area (Å²) < 4.78 is 0. The highest BCUT2D eigenvalue weighted by Gasteiger charge is 2.23. The summed E-state index contributed by atoms with van der Waals surface area (Å²) in [5.41, 5.74) is 1.37. The fourth-order valence-electron chi connectivity index (χ4n) is 1.96. The fourth-order valence-corrected chi connectivity index (χ4v) is 4.65. The normalized spacial score (nSPS) is 13.8. The number of halogens is 1. The largest absolute Gasteiger partial charge is 0.308 e. The molecular weight excluding hydrogens is 294 g/mol.